The Labute approximate surface area is 809 Å². The maximum atomic E-state index is 12.5. The minimum Gasteiger partial charge on any atom is -0.414 e. The molecule has 18 heterocycles. The molecular formula is C98H147N17O21Si2. The van der Waals surface area contributed by atoms with Crippen LogP contribution in [-0.4, -0.2) is 234 Å². The minimum absolute atomic E-state index is 0. The van der Waals surface area contributed by atoms with Crippen LogP contribution >= 0.6 is 0 Å². The Balaban J connectivity index is 0.000000146. The Kier molecular flexibility index (Phi) is 30.4. The van der Waals surface area contributed by atoms with Crippen LogP contribution in [0.5, 0.6) is 0 Å². The highest BCUT2D eigenvalue weighted by atomic mass is 28.4. The number of fused-ring (bicyclic) bond motifs is 8. The molecule has 8 aliphatic heterocycles. The van der Waals surface area contributed by atoms with Crippen LogP contribution in [0.2, 0.25) is 36.3 Å². The molecule has 8 fully saturated rings. The molecule has 5 unspecified atom stereocenters. The van der Waals surface area contributed by atoms with Crippen LogP contribution in [0.3, 0.4) is 0 Å². The van der Waals surface area contributed by atoms with E-state index in [0.29, 0.717) is 112 Å². The van der Waals surface area contributed by atoms with Crippen molar-refractivity contribution in [2.75, 3.05) is 61.7 Å². The molecule has 8 saturated heterocycles. The molecule has 0 radical (unpaired) electrons. The Morgan fingerprint density at radius 3 is 1.04 bits per heavy atom. The number of ether oxygens (including phenoxy) is 14. The second-order valence-corrected chi connectivity index (χ2v) is 48.2. The summed E-state index contributed by atoms with van der Waals surface area (Å²) in [5.41, 5.74) is 31.9. The number of anilines is 5. The van der Waals surface area contributed by atoms with Crippen LogP contribution in [0.25, 0.3) is 27.6 Å². The summed E-state index contributed by atoms with van der Waals surface area (Å²) in [6.07, 6.45) is 10.8. The van der Waals surface area contributed by atoms with Crippen molar-refractivity contribution in [3.8, 4) is 0 Å². The van der Waals surface area contributed by atoms with E-state index in [1.165, 1.54) is 21.7 Å². The average Bonchev–Trinajstić information content (AvgIpc) is 1.53. The number of rotatable bonds is 29. The zero-order valence-electron chi connectivity index (χ0n) is 82.9. The Morgan fingerprint density at radius 1 is 0.384 bits per heavy atom. The van der Waals surface area contributed by atoms with Gasteiger partial charge in [-0.05, 0) is 211 Å². The van der Waals surface area contributed by atoms with Crippen LogP contribution in [0.15, 0.2) is 148 Å². The Bertz CT molecular complexity index is 5640. The molecule has 0 amide bonds. The van der Waals surface area contributed by atoms with Gasteiger partial charge in [0.2, 0.25) is 28.9 Å². The van der Waals surface area contributed by atoms with Crippen molar-refractivity contribution in [2.45, 2.75) is 338 Å². The summed E-state index contributed by atoms with van der Waals surface area (Å²) in [6.45, 7) is 54.1. The van der Waals surface area contributed by atoms with Gasteiger partial charge in [-0.2, -0.15) is 25.5 Å². The molecule has 0 bridgehead atoms. The summed E-state index contributed by atoms with van der Waals surface area (Å²) in [7, 11) is -3.93. The summed E-state index contributed by atoms with van der Waals surface area (Å²) in [4.78, 5) is 7.95. The van der Waals surface area contributed by atoms with Crippen LogP contribution in [0, 0.1) is 5.92 Å². The first kappa shape index (κ1) is 106. The van der Waals surface area contributed by atoms with E-state index < -0.39 is 115 Å². The van der Waals surface area contributed by atoms with Crippen LogP contribution in [-0.2, 0) is 104 Å². The normalized spacial score (nSPS) is 33.0. The molecule has 10 aromatic rings. The van der Waals surface area contributed by atoms with Gasteiger partial charge in [-0.1, -0.05) is 94.9 Å². The summed E-state index contributed by atoms with van der Waals surface area (Å²) in [5.74, 6) is -10.6. The topological polar surface area (TPSA) is 491 Å². The number of nitrogens with two attached hydrogens (primary N) is 5. The molecule has 18 rings (SSSR count). The van der Waals surface area contributed by atoms with E-state index in [2.05, 4.69) is 104 Å². The van der Waals surface area contributed by atoms with Gasteiger partial charge in [0.25, 0.3) is 0 Å². The SMILES string of the molecule is C.C=CCOC[C@H]1OC(O)(c2ccc3c(N)ccnn23)[C@](C)(OCC=C)[C@@H]1OCC=C.CC[C@H]1OC(O)(c2ccc3c(N)ccnn23)[C@]2(C)OC(C)(C)O[C@H]12.CC[C@H]1OC(O)(c2ccc3c(N)ncnn23)[C@]2(C)OC(C)(C)O[C@H]12.CC[C@H]1OC(O)(c2ccc3c(N)ncnn23)[C@]2(C)OC(C)(C)O[C@H]12.CC[Si](CC)(CC)OC[C@H]1OC(O)(c2ccc3c(N)ccnn23)[C@](C)(O[Si](CC)(CC)CC)[C@@H]1C. The molecule has 10 aromatic heterocycles. The number of hydrogen-bond donors (Lipinski definition) is 10. The highest BCUT2D eigenvalue weighted by molar-refractivity contribution is 6.74. The second-order valence-electron chi connectivity index (χ2n) is 38.8. The quantitative estimate of drug-likeness (QED) is 0.0118. The van der Waals surface area contributed by atoms with E-state index in [0.717, 1.165) is 41.8 Å². The smallest absolute Gasteiger partial charge is 0.243 e. The fraction of sp³-hybridized carbons (Fsp3) is 0.602. The fourth-order valence-corrected chi connectivity index (χ4v) is 27.2. The van der Waals surface area contributed by atoms with Gasteiger partial charge in [0.05, 0.1) is 91.1 Å². The molecular weight excluding hydrogens is 1810 g/mol. The van der Waals surface area contributed by atoms with Gasteiger partial charge < -0.3 is 129 Å². The first-order chi connectivity index (χ1) is 64.6. The molecule has 0 saturated carbocycles. The Hall–Kier alpha value is -8.88. The van der Waals surface area contributed by atoms with Crippen LogP contribution in [0.4, 0.5) is 28.7 Å². The minimum atomic E-state index is -2.11. The summed E-state index contributed by atoms with van der Waals surface area (Å²) < 4.78 is 107. The standard InChI is InChI=1S/C26H47N3O4Si2.C22H29N3O5.C17H23N3O4.2C16H22N4O4.CH4/c1-9-34(10-2,11-3)31-19-23-20(7)25(8,33-35(12-4,13-5)14-6)26(30,32-23)24-16-15-22-21(27)17-18-28-29(22)24;1-5-12-27-15-18-20(28-13-6-2)21(4,29-14-7-3)22(26,30-18)19-9-8-17-16(23)10-11-24-25(17)19;1-5-12-14-16(4,24-15(2,3)23-14)17(21,22-12)13-7-6-11-10(18)8-9-19-20(11)13;2*1-5-10-12-15(4,24-14(2,3)23-12)16(21,22-10)11-7-6-9-13(17)18-8-19-20(9)11;/h15-18,20,23,30H,9-14,19,27H2,1-8H3;5-11,18,20,26H,1-3,12-15,23H2,4H3;6-9,12,14,21H,5,18H2,1-4H3;2*6-8,10,12,21H,5H2,1-4H3,(H2,17,18,19);1H4/t20-,23-,25-,26?;18-,20-,21-,22?;12-,14-,16-,17?;2*10-,12-,15-,16?;/m11111./s1. The average molecular weight is 1960 g/mol. The lowest BCUT2D eigenvalue weighted by Crippen LogP contribution is -2.58. The van der Waals surface area contributed by atoms with Gasteiger partial charge in [0.1, 0.15) is 88.3 Å². The van der Waals surface area contributed by atoms with Crippen molar-refractivity contribution in [1.82, 2.24) is 58.0 Å². The van der Waals surface area contributed by atoms with Gasteiger partial charge in [0.15, 0.2) is 68.0 Å². The van der Waals surface area contributed by atoms with Crippen molar-refractivity contribution < 1.29 is 101 Å². The number of nitrogen functional groups attached to an aromatic ring is 5. The van der Waals surface area contributed by atoms with Crippen molar-refractivity contribution >= 4 is 72.9 Å². The Morgan fingerprint density at radius 2 is 0.703 bits per heavy atom. The molecule has 0 aromatic carbocycles. The van der Waals surface area contributed by atoms with Gasteiger partial charge in [0, 0.05) is 24.5 Å². The third-order valence-corrected chi connectivity index (χ3v) is 38.8. The van der Waals surface area contributed by atoms with E-state index in [4.69, 9.17) is 104 Å². The molecule has 0 spiro atoms. The van der Waals surface area contributed by atoms with Crippen molar-refractivity contribution in [2.24, 2.45) is 5.92 Å². The number of nitrogens with zero attached hydrogens (tertiary/aromatic N) is 12. The predicted molar refractivity (Wildman–Crippen MR) is 525 cm³/mol. The lowest BCUT2D eigenvalue weighted by Gasteiger charge is -2.46. The zero-order chi connectivity index (χ0) is 99.8. The summed E-state index contributed by atoms with van der Waals surface area (Å²) in [5, 5.41) is 80.7. The highest BCUT2D eigenvalue weighted by Crippen LogP contribution is 2.61. The fourth-order valence-electron chi connectivity index (χ4n) is 21.4. The maximum Gasteiger partial charge on any atom is 0.243 e. The third-order valence-electron chi connectivity index (χ3n) is 29.5. The molecule has 758 valence electrons. The van der Waals surface area contributed by atoms with E-state index in [-0.39, 0.29) is 63.7 Å². The number of aromatic nitrogens is 12. The first-order valence-corrected chi connectivity index (χ1v) is 52.7. The molecule has 20 atom stereocenters. The molecule has 8 aliphatic rings. The lowest BCUT2D eigenvalue weighted by atomic mass is 9.82. The van der Waals surface area contributed by atoms with E-state index in [9.17, 15) is 25.5 Å². The third kappa shape index (κ3) is 17.6. The van der Waals surface area contributed by atoms with E-state index in [1.54, 1.807) is 118 Å². The molecule has 40 heteroatoms. The van der Waals surface area contributed by atoms with Crippen molar-refractivity contribution in [1.29, 1.82) is 0 Å². The van der Waals surface area contributed by atoms with Gasteiger partial charge in [-0.15, -0.1) is 19.7 Å². The molecule has 15 N–H and O–H groups in total. The maximum absolute atomic E-state index is 12.5. The molecule has 138 heavy (non-hydrogen) atoms. The van der Waals surface area contributed by atoms with Crippen LogP contribution in [0.1, 0.15) is 201 Å². The largest absolute Gasteiger partial charge is 0.414 e. The number of hydrogen-bond acceptors (Lipinski definition) is 33. The molecule has 0 aliphatic carbocycles. The first-order valence-electron chi connectivity index (χ1n) is 47.6. The zero-order valence-corrected chi connectivity index (χ0v) is 84.9. The predicted octanol–water partition coefficient (Wildman–Crippen LogP) is 12.9. The lowest BCUT2D eigenvalue weighted by molar-refractivity contribution is -0.310. The van der Waals surface area contributed by atoms with Gasteiger partial charge in [-0.25, -0.2) is 32.5 Å². The second kappa shape index (κ2) is 39.4. The van der Waals surface area contributed by atoms with Gasteiger partial charge >= 0.3 is 0 Å². The van der Waals surface area contributed by atoms with Crippen molar-refractivity contribution in [3.05, 3.63) is 177 Å². The van der Waals surface area contributed by atoms with Crippen LogP contribution < -0.4 is 28.7 Å². The van der Waals surface area contributed by atoms with Crippen molar-refractivity contribution in [3.63, 3.8) is 0 Å². The molecule has 38 nitrogen and oxygen atoms in total. The van der Waals surface area contributed by atoms with E-state index >= 15 is 0 Å². The highest BCUT2D eigenvalue weighted by Gasteiger charge is 2.76. The summed E-state index contributed by atoms with van der Waals surface area (Å²) in [6, 6.07) is 29.1. The van der Waals surface area contributed by atoms with E-state index in [1.807, 2.05) is 108 Å². The van der Waals surface area contributed by atoms with Gasteiger partial charge in [-0.3, -0.25) is 0 Å². The number of aliphatic hydroxyl groups is 5. The monoisotopic (exact) mass is 1950 g/mol. The summed E-state index contributed by atoms with van der Waals surface area (Å²) >= 11 is 0.